The van der Waals surface area contributed by atoms with Crippen molar-refractivity contribution in [3.63, 3.8) is 0 Å². The predicted molar refractivity (Wildman–Crippen MR) is 211 cm³/mol. The highest BCUT2D eigenvalue weighted by Crippen LogP contribution is 2.19. The fourth-order valence-electron chi connectivity index (χ4n) is 4.26. The summed E-state index contributed by atoms with van der Waals surface area (Å²) in [6, 6.07) is -0.110. The van der Waals surface area contributed by atoms with E-state index in [2.05, 4.69) is 26.6 Å². The summed E-state index contributed by atoms with van der Waals surface area (Å²) in [5.74, 6) is -0.128. The Morgan fingerprint density at radius 1 is 0.731 bits per heavy atom. The van der Waals surface area contributed by atoms with Crippen LogP contribution in [0.15, 0.2) is 0 Å². The van der Waals surface area contributed by atoms with E-state index in [1.54, 1.807) is 14.2 Å². The number of amides is 3. The van der Waals surface area contributed by atoms with Gasteiger partial charge in [-0.15, -0.1) is 0 Å². The summed E-state index contributed by atoms with van der Waals surface area (Å²) in [7, 11) is 7.09. The second-order valence-electron chi connectivity index (χ2n) is 12.2. The van der Waals surface area contributed by atoms with E-state index in [0.717, 1.165) is 45.0 Å². The molecule has 52 heavy (non-hydrogen) atoms. The van der Waals surface area contributed by atoms with E-state index >= 15 is 0 Å². The minimum absolute atomic E-state index is 0.0495. The van der Waals surface area contributed by atoms with E-state index in [4.69, 9.17) is 23.7 Å². The van der Waals surface area contributed by atoms with E-state index in [0.29, 0.717) is 72.2 Å². The summed E-state index contributed by atoms with van der Waals surface area (Å²) in [5.41, 5.74) is -0.310. The van der Waals surface area contributed by atoms with Crippen LogP contribution in [-0.2, 0) is 42.9 Å². The Hall–Kier alpha value is -2.20. The first-order valence-corrected chi connectivity index (χ1v) is 19.4. The van der Waals surface area contributed by atoms with Crippen LogP contribution in [0, 0.1) is 5.41 Å². The van der Waals surface area contributed by atoms with Crippen LogP contribution in [0.5, 0.6) is 0 Å². The van der Waals surface area contributed by atoms with Gasteiger partial charge in [-0.2, -0.15) is 0 Å². The van der Waals surface area contributed by atoms with Crippen molar-refractivity contribution >= 4 is 24.0 Å². The Labute approximate surface area is 317 Å². The second-order valence-corrected chi connectivity index (χ2v) is 12.2. The molecule has 0 heterocycles. The van der Waals surface area contributed by atoms with Gasteiger partial charge in [0.15, 0.2) is 0 Å². The SMILES string of the molecule is CC.CC.CCC(=O)NC1CCC(NC(=O)CC[C@H](NC)C(=O)NCCOCCOCCOCCOC)CC1.CCCOCC(C)(C)C=O.CNC. The van der Waals surface area contributed by atoms with Gasteiger partial charge in [-0.05, 0) is 59.7 Å². The van der Waals surface area contributed by atoms with Crippen LogP contribution in [0.2, 0.25) is 0 Å². The fourth-order valence-corrected chi connectivity index (χ4v) is 4.26. The monoisotopic (exact) mass is 752 g/mol. The number of aldehydes is 1. The topological polar surface area (TPSA) is 175 Å². The Kier molecular flexibility index (Phi) is 47.0. The molecule has 0 spiro atoms. The van der Waals surface area contributed by atoms with Crippen molar-refractivity contribution in [1.29, 1.82) is 0 Å². The molecule has 0 aromatic heterocycles. The Balaban J connectivity index is -0.000000565. The molecule has 1 atom stereocenters. The zero-order valence-electron chi connectivity index (χ0n) is 35.2. The van der Waals surface area contributed by atoms with Crippen LogP contribution in [0.1, 0.15) is 107 Å². The minimum Gasteiger partial charge on any atom is -0.382 e. The summed E-state index contributed by atoms with van der Waals surface area (Å²) in [4.78, 5) is 46.6. The summed E-state index contributed by atoms with van der Waals surface area (Å²) in [5, 5.41) is 14.6. The number of methoxy groups -OCH3 is 1. The van der Waals surface area contributed by atoms with Gasteiger partial charge in [-0.3, -0.25) is 14.4 Å². The van der Waals surface area contributed by atoms with Crippen molar-refractivity contribution in [2.45, 2.75) is 125 Å². The maximum atomic E-state index is 12.4. The number of hydrogen-bond donors (Lipinski definition) is 5. The molecule has 14 nitrogen and oxygen atoms in total. The van der Waals surface area contributed by atoms with Crippen molar-refractivity contribution in [2.24, 2.45) is 5.41 Å². The zero-order chi connectivity index (χ0) is 40.5. The van der Waals surface area contributed by atoms with Gasteiger partial charge < -0.3 is 55.1 Å². The fraction of sp³-hybridized carbons (Fsp3) is 0.895. The van der Waals surface area contributed by atoms with Gasteiger partial charge in [0, 0.05) is 50.6 Å². The highest BCUT2D eigenvalue weighted by Gasteiger charge is 2.24. The van der Waals surface area contributed by atoms with Crippen molar-refractivity contribution in [1.82, 2.24) is 26.6 Å². The molecule has 0 aromatic rings. The van der Waals surface area contributed by atoms with Crippen molar-refractivity contribution in [3.05, 3.63) is 0 Å². The molecule has 14 heteroatoms. The molecule has 0 unspecified atom stereocenters. The highest BCUT2D eigenvalue weighted by atomic mass is 16.6. The molecule has 0 saturated heterocycles. The van der Waals surface area contributed by atoms with Gasteiger partial charge in [0.1, 0.15) is 6.29 Å². The molecule has 1 fully saturated rings. The van der Waals surface area contributed by atoms with Gasteiger partial charge in [-0.1, -0.05) is 55.4 Å². The van der Waals surface area contributed by atoms with Crippen LogP contribution in [0.3, 0.4) is 0 Å². The van der Waals surface area contributed by atoms with Crippen molar-refractivity contribution < 1.29 is 42.9 Å². The molecule has 0 aliphatic heterocycles. The molecule has 1 rings (SSSR count). The number of ether oxygens (including phenoxy) is 5. The van der Waals surface area contributed by atoms with Gasteiger partial charge in [-0.25, -0.2) is 0 Å². The number of hydrogen-bond acceptors (Lipinski definition) is 11. The summed E-state index contributed by atoms with van der Waals surface area (Å²) >= 11 is 0. The Morgan fingerprint density at radius 3 is 1.62 bits per heavy atom. The normalized spacial score (nSPS) is 15.3. The van der Waals surface area contributed by atoms with Crippen molar-refractivity contribution in [2.75, 3.05) is 94.3 Å². The van der Waals surface area contributed by atoms with Crippen LogP contribution in [0.25, 0.3) is 0 Å². The third-order valence-electron chi connectivity index (χ3n) is 6.97. The average Bonchev–Trinajstić information content (AvgIpc) is 3.15. The quantitative estimate of drug-likeness (QED) is 0.0681. The Morgan fingerprint density at radius 2 is 1.19 bits per heavy atom. The van der Waals surface area contributed by atoms with E-state index in [1.807, 2.05) is 69.5 Å². The van der Waals surface area contributed by atoms with E-state index in [-0.39, 0.29) is 41.6 Å². The molecular formula is C38H81N5O9. The molecule has 0 aromatic carbocycles. The van der Waals surface area contributed by atoms with Gasteiger partial charge >= 0.3 is 0 Å². The van der Waals surface area contributed by atoms with Crippen LogP contribution in [0.4, 0.5) is 0 Å². The number of carbonyl (C=O) groups excluding carboxylic acids is 4. The lowest BCUT2D eigenvalue weighted by Crippen LogP contribution is -2.45. The van der Waals surface area contributed by atoms with E-state index in [9.17, 15) is 19.2 Å². The van der Waals surface area contributed by atoms with Crippen LogP contribution < -0.4 is 26.6 Å². The lowest BCUT2D eigenvalue weighted by Gasteiger charge is -2.29. The van der Waals surface area contributed by atoms with Crippen LogP contribution >= 0.6 is 0 Å². The van der Waals surface area contributed by atoms with Gasteiger partial charge in [0.05, 0.1) is 58.9 Å². The smallest absolute Gasteiger partial charge is 0.237 e. The number of carbonyl (C=O) groups is 4. The van der Waals surface area contributed by atoms with Crippen LogP contribution in [-0.4, -0.2) is 136 Å². The molecule has 312 valence electrons. The molecule has 1 aliphatic carbocycles. The maximum Gasteiger partial charge on any atom is 0.237 e. The molecule has 0 bridgehead atoms. The zero-order valence-corrected chi connectivity index (χ0v) is 35.2. The third-order valence-corrected chi connectivity index (χ3v) is 6.97. The van der Waals surface area contributed by atoms with Gasteiger partial charge in [0.25, 0.3) is 0 Å². The molecular weight excluding hydrogens is 670 g/mol. The Bertz CT molecular complexity index is 799. The highest BCUT2D eigenvalue weighted by molar-refractivity contribution is 5.83. The number of likely N-dealkylation sites (N-methyl/N-ethyl adjacent to an activating group) is 1. The predicted octanol–water partition coefficient (Wildman–Crippen LogP) is 3.65. The first-order chi connectivity index (χ1) is 25.0. The number of nitrogens with one attached hydrogen (secondary N) is 5. The van der Waals surface area contributed by atoms with E-state index < -0.39 is 6.04 Å². The molecule has 0 radical (unpaired) electrons. The summed E-state index contributed by atoms with van der Waals surface area (Å²) in [6.45, 7) is 20.7. The minimum atomic E-state index is -0.442. The molecule has 1 aliphatic rings. The second kappa shape index (κ2) is 43.2. The standard InChI is InChI=1S/C24H46N4O7.C8H16O2.C2H7N.2C2H6/c1-4-22(29)27-19-5-7-20(8-6-19)28-23(30)10-9-21(25-2)24(31)26-11-12-33-15-16-35-18-17-34-14-13-32-3;1-4-5-10-7-8(2,3)6-9;1-3-2;2*1-2/h19-21,25H,4-18H2,1-3H3,(H,26,31)(H,27,29)(H,28,30);6H,4-5,7H2,1-3H3;3H,1-2H3;2*1-2H3/t19?,20?,21-;;;;/m0..../s1. The molecule has 3 amide bonds. The molecule has 1 saturated carbocycles. The summed E-state index contributed by atoms with van der Waals surface area (Å²) < 4.78 is 26.2. The van der Waals surface area contributed by atoms with E-state index in [1.165, 1.54) is 0 Å². The lowest BCUT2D eigenvalue weighted by atomic mass is 9.91. The summed E-state index contributed by atoms with van der Waals surface area (Å²) in [6.07, 6.45) is 6.56. The maximum absolute atomic E-state index is 12.4. The largest absolute Gasteiger partial charge is 0.382 e. The molecule has 5 N–H and O–H groups in total. The number of rotatable bonds is 25. The first kappa shape index (κ1) is 56.5. The first-order valence-electron chi connectivity index (χ1n) is 19.4. The third kappa shape index (κ3) is 39.0. The lowest BCUT2D eigenvalue weighted by molar-refractivity contribution is -0.125. The average molecular weight is 752 g/mol. The van der Waals surface area contributed by atoms with Gasteiger partial charge in [0.2, 0.25) is 17.7 Å². The van der Waals surface area contributed by atoms with Crippen molar-refractivity contribution in [3.8, 4) is 0 Å².